The lowest BCUT2D eigenvalue weighted by molar-refractivity contribution is -0.136. The first-order valence-electron chi connectivity index (χ1n) is 13.4. The summed E-state index contributed by atoms with van der Waals surface area (Å²) in [5, 5.41) is 18.5. The number of benzene rings is 4. The zero-order chi connectivity index (χ0) is 28.3. The second-order valence-electron chi connectivity index (χ2n) is 10.2. The van der Waals surface area contributed by atoms with E-state index in [-0.39, 0.29) is 12.2 Å². The third-order valence-electron chi connectivity index (χ3n) is 7.14. The van der Waals surface area contributed by atoms with Crippen LogP contribution in [0.25, 0.3) is 0 Å². The van der Waals surface area contributed by atoms with Crippen molar-refractivity contribution in [2.75, 3.05) is 23.3 Å². The van der Waals surface area contributed by atoms with Crippen LogP contribution in [0, 0.1) is 0 Å². The van der Waals surface area contributed by atoms with Crippen molar-refractivity contribution in [3.63, 3.8) is 0 Å². The largest absolute Gasteiger partial charge is 0.513 e. The molecule has 6 rings (SSSR count). The van der Waals surface area contributed by atoms with Crippen LogP contribution in [0.3, 0.4) is 0 Å². The second kappa shape index (κ2) is 11.5. The van der Waals surface area contributed by atoms with Gasteiger partial charge in [0.2, 0.25) is 0 Å². The van der Waals surface area contributed by atoms with Crippen LogP contribution >= 0.6 is 11.8 Å². The number of ether oxygens (including phenoxy) is 2. The van der Waals surface area contributed by atoms with Crippen molar-refractivity contribution in [1.82, 2.24) is 0 Å². The number of aliphatic hydroxyl groups excluding tert-OH is 1. The third kappa shape index (κ3) is 6.28. The topological polar surface area (TPSA) is 82.5 Å². The number of hydrogen-bond donors (Lipinski definition) is 2. The van der Waals surface area contributed by atoms with Gasteiger partial charge in [-0.05, 0) is 71.8 Å². The van der Waals surface area contributed by atoms with E-state index in [1.165, 1.54) is 0 Å². The van der Waals surface area contributed by atoms with Gasteiger partial charge in [-0.3, -0.25) is 4.79 Å². The maximum atomic E-state index is 11.0. The van der Waals surface area contributed by atoms with E-state index >= 15 is 0 Å². The van der Waals surface area contributed by atoms with E-state index in [1.54, 1.807) is 11.8 Å². The van der Waals surface area contributed by atoms with Gasteiger partial charge < -0.3 is 29.5 Å². The molecule has 0 unspecified atom stereocenters. The number of fused-ring (bicyclic) bond motifs is 2. The van der Waals surface area contributed by atoms with Gasteiger partial charge in [-0.25, -0.2) is 0 Å². The number of aliphatic carboxylic acids is 1. The summed E-state index contributed by atoms with van der Waals surface area (Å²) in [5.41, 5.74) is 6.10. The van der Waals surface area contributed by atoms with Crippen molar-refractivity contribution < 1.29 is 24.5 Å². The summed E-state index contributed by atoms with van der Waals surface area (Å²) < 4.78 is 12.1. The standard InChI is InChI=1S/C33H30N2O5S/c1-22(36)14-23-2-6-27(7-3-23)34-18-25-16-29(10-12-31(25)39-20-34)41-30-11-13-32-26(17-30)19-35(21-40-32)28-8-4-24(5-9-28)15-33(37)38/h2-13,16-17,36H,1,14-15,18-21H2,(H,37,38). The molecule has 4 aromatic rings. The van der Waals surface area contributed by atoms with Gasteiger partial charge >= 0.3 is 5.97 Å². The summed E-state index contributed by atoms with van der Waals surface area (Å²) in [6.45, 7) is 5.95. The van der Waals surface area contributed by atoms with E-state index in [0.29, 0.717) is 26.4 Å². The molecule has 41 heavy (non-hydrogen) atoms. The molecule has 0 fully saturated rings. The molecule has 208 valence electrons. The van der Waals surface area contributed by atoms with Crippen LogP contribution in [0.5, 0.6) is 11.5 Å². The van der Waals surface area contributed by atoms with Gasteiger partial charge in [0.05, 0.1) is 12.2 Å². The molecule has 7 nitrogen and oxygen atoms in total. The zero-order valence-electron chi connectivity index (χ0n) is 22.5. The minimum atomic E-state index is -0.835. The Balaban J connectivity index is 1.13. The lowest BCUT2D eigenvalue weighted by Gasteiger charge is -2.31. The van der Waals surface area contributed by atoms with Gasteiger partial charge in [0.15, 0.2) is 13.5 Å². The molecule has 2 heterocycles. The van der Waals surface area contributed by atoms with Gasteiger partial charge in [-0.2, -0.15) is 0 Å². The van der Waals surface area contributed by atoms with Crippen molar-refractivity contribution in [1.29, 1.82) is 0 Å². The number of anilines is 2. The fourth-order valence-corrected chi connectivity index (χ4v) is 6.04. The number of hydrogen-bond acceptors (Lipinski definition) is 7. The Hall–Kier alpha value is -4.56. The van der Waals surface area contributed by atoms with Crippen LogP contribution in [-0.4, -0.2) is 29.6 Å². The third-order valence-corrected chi connectivity index (χ3v) is 8.12. The molecule has 0 bridgehead atoms. The SMILES string of the molecule is C=C(O)Cc1ccc(N2COc3ccc(Sc4ccc5c(c4)CN(c4ccc(CC(=O)O)cc4)CO5)cc3C2)cc1. The number of carboxylic acid groups (broad SMARTS) is 1. The van der Waals surface area contributed by atoms with E-state index in [2.05, 4.69) is 40.6 Å². The van der Waals surface area contributed by atoms with Gasteiger partial charge in [-0.15, -0.1) is 0 Å². The smallest absolute Gasteiger partial charge is 0.307 e. The van der Waals surface area contributed by atoms with Crippen LogP contribution < -0.4 is 19.3 Å². The predicted octanol–water partition coefficient (Wildman–Crippen LogP) is 6.79. The fourth-order valence-electron chi connectivity index (χ4n) is 5.09. The van der Waals surface area contributed by atoms with E-state index < -0.39 is 5.97 Å². The van der Waals surface area contributed by atoms with Crippen LogP contribution in [0.4, 0.5) is 11.4 Å². The molecule has 0 atom stereocenters. The lowest BCUT2D eigenvalue weighted by atomic mass is 10.1. The number of carbonyl (C=O) groups is 1. The monoisotopic (exact) mass is 566 g/mol. The summed E-state index contributed by atoms with van der Waals surface area (Å²) in [5.74, 6) is 1.11. The molecule has 2 aliphatic heterocycles. The Bertz CT molecular complexity index is 1470. The minimum absolute atomic E-state index is 0.0162. The molecular weight excluding hydrogens is 536 g/mol. The summed E-state index contributed by atoms with van der Waals surface area (Å²) in [6.07, 6.45) is 0.469. The van der Waals surface area contributed by atoms with Gasteiger partial charge in [0, 0.05) is 51.8 Å². The zero-order valence-corrected chi connectivity index (χ0v) is 23.3. The van der Waals surface area contributed by atoms with Crippen LogP contribution in [0.15, 0.2) is 107 Å². The maximum Gasteiger partial charge on any atom is 0.307 e. The molecule has 0 amide bonds. The predicted molar refractivity (Wildman–Crippen MR) is 160 cm³/mol. The molecule has 0 saturated carbocycles. The van der Waals surface area contributed by atoms with Crippen molar-refractivity contribution in [2.24, 2.45) is 0 Å². The molecule has 0 saturated heterocycles. The normalized spacial score (nSPS) is 14.0. The number of aliphatic hydroxyl groups is 1. The second-order valence-corrected chi connectivity index (χ2v) is 11.4. The highest BCUT2D eigenvalue weighted by molar-refractivity contribution is 7.99. The highest BCUT2D eigenvalue weighted by atomic mass is 32.2. The van der Waals surface area contributed by atoms with Crippen molar-refractivity contribution >= 4 is 29.1 Å². The first kappa shape index (κ1) is 26.7. The highest BCUT2D eigenvalue weighted by Gasteiger charge is 2.21. The molecule has 2 aliphatic rings. The minimum Gasteiger partial charge on any atom is -0.513 e. The molecule has 4 aromatic carbocycles. The Labute approximate surface area is 243 Å². The molecule has 0 aromatic heterocycles. The number of rotatable bonds is 8. The Morgan fingerprint density at radius 3 is 1.61 bits per heavy atom. The van der Waals surface area contributed by atoms with Gasteiger partial charge in [-0.1, -0.05) is 42.6 Å². The summed E-state index contributed by atoms with van der Waals surface area (Å²) >= 11 is 1.71. The average Bonchev–Trinajstić information content (AvgIpc) is 2.97. The molecular formula is C33H30N2O5S. The Kier molecular flexibility index (Phi) is 7.48. The summed E-state index contributed by atoms with van der Waals surface area (Å²) in [4.78, 5) is 17.6. The number of carboxylic acids is 1. The molecule has 0 spiro atoms. The number of nitrogens with zero attached hydrogens (tertiary/aromatic N) is 2. The Morgan fingerprint density at radius 2 is 1.17 bits per heavy atom. The van der Waals surface area contributed by atoms with Crippen molar-refractivity contribution in [3.05, 3.63) is 120 Å². The molecule has 0 radical (unpaired) electrons. The van der Waals surface area contributed by atoms with Gasteiger partial charge in [0.25, 0.3) is 0 Å². The van der Waals surface area contributed by atoms with Crippen LogP contribution in [0.1, 0.15) is 22.3 Å². The fraction of sp³-hybridized carbons (Fsp3) is 0.182. The Morgan fingerprint density at radius 1 is 0.707 bits per heavy atom. The molecule has 2 N–H and O–H groups in total. The quantitative estimate of drug-likeness (QED) is 0.226. The van der Waals surface area contributed by atoms with Gasteiger partial charge in [0.1, 0.15) is 11.5 Å². The first-order valence-corrected chi connectivity index (χ1v) is 14.2. The summed E-state index contributed by atoms with van der Waals surface area (Å²) in [7, 11) is 0. The van der Waals surface area contributed by atoms with E-state index in [1.807, 2.05) is 60.7 Å². The van der Waals surface area contributed by atoms with Crippen molar-refractivity contribution in [2.45, 2.75) is 35.7 Å². The van der Waals surface area contributed by atoms with E-state index in [4.69, 9.17) is 14.6 Å². The molecule has 8 heteroatoms. The molecule has 0 aliphatic carbocycles. The first-order chi connectivity index (χ1) is 19.9. The van der Waals surface area contributed by atoms with E-state index in [0.717, 1.165) is 61.5 Å². The lowest BCUT2D eigenvalue weighted by Crippen LogP contribution is -2.31. The average molecular weight is 567 g/mol. The number of allylic oxidation sites excluding steroid dienone is 1. The van der Waals surface area contributed by atoms with E-state index in [9.17, 15) is 9.90 Å². The summed E-state index contributed by atoms with van der Waals surface area (Å²) in [6, 6.07) is 28.4. The van der Waals surface area contributed by atoms with Crippen LogP contribution in [-0.2, 0) is 30.7 Å². The van der Waals surface area contributed by atoms with Crippen LogP contribution in [0.2, 0.25) is 0 Å². The van der Waals surface area contributed by atoms with Crippen molar-refractivity contribution in [3.8, 4) is 11.5 Å². The maximum absolute atomic E-state index is 11.0. The highest BCUT2D eigenvalue weighted by Crippen LogP contribution is 2.37.